The maximum absolute atomic E-state index is 14.2. The van der Waals surface area contributed by atoms with Crippen LogP contribution in [0.2, 0.25) is 0 Å². The fourth-order valence-electron chi connectivity index (χ4n) is 15.1. The van der Waals surface area contributed by atoms with E-state index in [0.717, 1.165) is 67.6 Å². The lowest BCUT2D eigenvalue weighted by Crippen LogP contribution is -2.66. The number of aliphatic carboxylic acids is 1. The Bertz CT molecular complexity index is 1970. The van der Waals surface area contributed by atoms with Crippen LogP contribution in [0.4, 0.5) is 0 Å². The number of amides is 1. The smallest absolute Gasteiger partial charge is 0.309 e. The zero-order chi connectivity index (χ0) is 44.3. The molecule has 5 saturated carbocycles. The molecule has 1 heterocycles. The SMILES string of the molecule is Cc1nc(C)c(C(=O)NC(C)(C)CNC[C@H](O)[C@@]23CC[C@]4(C)[C@H](CC[C@@H]5[C@@]6(C)CC[C@H](OC(=O)[C@H]7C[C@@H](C(=O)O)C7(C)C)C(C)(C)[C@@H]6CC[C@]54C)C2=C(C(C)C)C(=O)C3)s1. The van der Waals surface area contributed by atoms with Crippen molar-refractivity contribution in [2.24, 2.45) is 68.0 Å². The molecule has 334 valence electrons. The predicted molar refractivity (Wildman–Crippen MR) is 234 cm³/mol. The minimum Gasteiger partial charge on any atom is -0.481 e. The largest absolute Gasteiger partial charge is 0.481 e. The van der Waals surface area contributed by atoms with Gasteiger partial charge in [-0.1, -0.05) is 67.9 Å². The van der Waals surface area contributed by atoms with Crippen LogP contribution in [0.15, 0.2) is 11.1 Å². The van der Waals surface area contributed by atoms with Gasteiger partial charge in [0.05, 0.1) is 28.6 Å². The van der Waals surface area contributed by atoms with E-state index in [2.05, 4.69) is 64.1 Å². The number of hydrogen-bond donors (Lipinski definition) is 4. The molecule has 0 bridgehead atoms. The van der Waals surface area contributed by atoms with Crippen molar-refractivity contribution in [2.75, 3.05) is 13.1 Å². The fourth-order valence-corrected chi connectivity index (χ4v) is 15.9. The van der Waals surface area contributed by atoms with E-state index in [0.29, 0.717) is 42.6 Å². The van der Waals surface area contributed by atoms with Gasteiger partial charge in [0, 0.05) is 35.9 Å². The number of hydrogen-bond acceptors (Lipinski definition) is 9. The molecule has 6 aliphatic rings. The number of nitrogens with zero attached hydrogens (tertiary/aromatic N) is 1. The van der Waals surface area contributed by atoms with Gasteiger partial charge in [-0.2, -0.15) is 0 Å². The number of allylic oxidation sites excluding steroid dienone is 1. The van der Waals surface area contributed by atoms with Crippen LogP contribution in [0, 0.1) is 81.8 Å². The lowest BCUT2D eigenvalue weighted by molar-refractivity contribution is -0.238. The number of carbonyl (C=O) groups excluding carboxylic acids is 3. The van der Waals surface area contributed by atoms with Gasteiger partial charge in [-0.25, -0.2) is 4.98 Å². The minimum atomic E-state index is -0.837. The van der Waals surface area contributed by atoms with Gasteiger partial charge in [0.25, 0.3) is 5.91 Å². The lowest BCUT2D eigenvalue weighted by atomic mass is 9.33. The Morgan fingerprint density at radius 3 is 2.18 bits per heavy atom. The molecule has 11 heteroatoms. The Balaban J connectivity index is 1.09. The highest BCUT2D eigenvalue weighted by Gasteiger charge is 2.71. The molecular formula is C49H75N3O7S. The van der Waals surface area contributed by atoms with Gasteiger partial charge in [-0.3, -0.25) is 19.2 Å². The van der Waals surface area contributed by atoms with Crippen LogP contribution < -0.4 is 10.6 Å². The zero-order valence-electron chi connectivity index (χ0n) is 38.9. The van der Waals surface area contributed by atoms with Crippen molar-refractivity contribution < 1.29 is 34.1 Å². The third-order valence-corrected chi connectivity index (χ3v) is 19.7. The fraction of sp³-hybridized carbons (Fsp3) is 0.816. The molecule has 1 aromatic rings. The minimum absolute atomic E-state index is 0.0237. The third kappa shape index (κ3) is 6.78. The first-order valence-corrected chi connectivity index (χ1v) is 23.9. The monoisotopic (exact) mass is 850 g/mol. The van der Waals surface area contributed by atoms with Gasteiger partial charge in [-0.05, 0) is 136 Å². The summed E-state index contributed by atoms with van der Waals surface area (Å²) in [5, 5.41) is 29.6. The van der Waals surface area contributed by atoms with Gasteiger partial charge < -0.3 is 25.6 Å². The predicted octanol–water partition coefficient (Wildman–Crippen LogP) is 8.86. The average molecular weight is 850 g/mol. The Morgan fingerprint density at radius 2 is 1.58 bits per heavy atom. The number of Topliss-reactive ketones (excluding diaryl/α,β-unsaturated/α-hetero) is 1. The number of thiazole rings is 1. The van der Waals surface area contributed by atoms with Crippen molar-refractivity contribution in [2.45, 2.75) is 172 Å². The molecule has 0 aromatic carbocycles. The molecule has 0 unspecified atom stereocenters. The highest BCUT2D eigenvalue weighted by Crippen LogP contribution is 2.77. The lowest BCUT2D eigenvalue weighted by Gasteiger charge is -2.72. The number of aliphatic hydroxyl groups excluding tert-OH is 1. The maximum Gasteiger partial charge on any atom is 0.309 e. The molecule has 0 saturated heterocycles. The first-order chi connectivity index (χ1) is 27.7. The number of rotatable bonds is 11. The van der Waals surface area contributed by atoms with Crippen molar-refractivity contribution in [3.63, 3.8) is 0 Å². The molecule has 1 amide bonds. The summed E-state index contributed by atoms with van der Waals surface area (Å²) in [4.78, 5) is 57.9. The number of carbonyl (C=O) groups is 4. The number of aryl methyl sites for hydroxylation is 2. The highest BCUT2D eigenvalue weighted by molar-refractivity contribution is 7.13. The van der Waals surface area contributed by atoms with Crippen LogP contribution in [0.25, 0.3) is 0 Å². The summed E-state index contributed by atoms with van der Waals surface area (Å²) in [6, 6.07) is 0. The van der Waals surface area contributed by atoms with Crippen molar-refractivity contribution in [1.82, 2.24) is 15.6 Å². The molecule has 5 fully saturated rings. The number of esters is 1. The summed E-state index contributed by atoms with van der Waals surface area (Å²) in [6.07, 6.45) is 7.45. The summed E-state index contributed by atoms with van der Waals surface area (Å²) in [7, 11) is 0. The van der Waals surface area contributed by atoms with Gasteiger partial charge in [0.2, 0.25) is 0 Å². The van der Waals surface area contributed by atoms with Crippen molar-refractivity contribution in [3.05, 3.63) is 26.7 Å². The van der Waals surface area contributed by atoms with E-state index in [1.54, 1.807) is 0 Å². The second-order valence-electron chi connectivity index (χ2n) is 23.3. The number of carboxylic acids is 1. The van der Waals surface area contributed by atoms with Crippen LogP contribution in [0.1, 0.15) is 161 Å². The Kier molecular flexibility index (Phi) is 11.3. The molecular weight excluding hydrogens is 775 g/mol. The second kappa shape index (κ2) is 15.0. The number of aromatic nitrogens is 1. The standard InChI is InChI=1S/C49H75N3O7S/c1-26(2)37-32(53)23-49(35(54)24-50-25-43(5,6)52-40(55)39-27(3)51-28(4)60-39)21-20-47(12)29(38(37)49)14-15-34-46(11)18-17-36(45(9,10)33(46)16-19-48(34,47)13)59-42(58)31-22-30(41(56)57)44(31,7)8/h26,29-31,33-36,50,54H,14-25H2,1-13H3,(H,52,55)(H,56,57)/t29-,30+,31-,33+,34-,35+,36+,46+,47-,48-,49+/m1/s1. The molecule has 0 spiro atoms. The Morgan fingerprint density at radius 1 is 0.900 bits per heavy atom. The van der Waals surface area contributed by atoms with Crippen molar-refractivity contribution in [3.8, 4) is 0 Å². The molecule has 0 aliphatic heterocycles. The summed E-state index contributed by atoms with van der Waals surface area (Å²) < 4.78 is 6.43. The molecule has 10 nitrogen and oxygen atoms in total. The molecule has 0 radical (unpaired) electrons. The zero-order valence-corrected chi connectivity index (χ0v) is 39.7. The molecule has 6 aliphatic carbocycles. The number of fused-ring (bicyclic) bond motifs is 7. The van der Waals surface area contributed by atoms with Crippen LogP contribution in [0.5, 0.6) is 0 Å². The number of aliphatic hydroxyl groups is 1. The number of nitrogens with one attached hydrogen (secondary N) is 2. The Labute approximate surface area is 363 Å². The summed E-state index contributed by atoms with van der Waals surface area (Å²) >= 11 is 1.40. The van der Waals surface area contributed by atoms with E-state index in [4.69, 9.17) is 4.74 Å². The third-order valence-electron chi connectivity index (χ3n) is 18.6. The van der Waals surface area contributed by atoms with Gasteiger partial charge in [0.1, 0.15) is 11.0 Å². The normalized spacial score (nSPS) is 38.5. The van der Waals surface area contributed by atoms with Crippen molar-refractivity contribution in [1.29, 1.82) is 0 Å². The number of ether oxygens (including phenoxy) is 1. The first-order valence-electron chi connectivity index (χ1n) is 23.0. The van der Waals surface area contributed by atoms with Gasteiger partial charge in [0.15, 0.2) is 5.78 Å². The topological polar surface area (TPSA) is 155 Å². The average Bonchev–Trinajstić information content (AvgIpc) is 3.63. The maximum atomic E-state index is 14.2. The van der Waals surface area contributed by atoms with E-state index >= 15 is 0 Å². The van der Waals surface area contributed by atoms with E-state index < -0.39 is 40.3 Å². The Hall–Kier alpha value is -2.63. The van der Waals surface area contributed by atoms with Crippen LogP contribution in [0.3, 0.4) is 0 Å². The van der Waals surface area contributed by atoms with Crippen LogP contribution in [-0.4, -0.2) is 69.7 Å². The van der Waals surface area contributed by atoms with Gasteiger partial charge >= 0.3 is 11.9 Å². The van der Waals surface area contributed by atoms with Gasteiger partial charge in [-0.15, -0.1) is 11.3 Å². The molecule has 60 heavy (non-hydrogen) atoms. The van der Waals surface area contributed by atoms with E-state index in [1.165, 1.54) is 16.9 Å². The van der Waals surface area contributed by atoms with E-state index in [-0.39, 0.29) is 57.3 Å². The molecule has 1 aromatic heterocycles. The summed E-state index contributed by atoms with van der Waals surface area (Å²) in [5.74, 6) is -0.802. The van der Waals surface area contributed by atoms with Crippen molar-refractivity contribution >= 4 is 35.0 Å². The van der Waals surface area contributed by atoms with Crippen LogP contribution >= 0.6 is 11.3 Å². The molecule has 7 rings (SSSR count). The molecule has 11 atom stereocenters. The van der Waals surface area contributed by atoms with E-state index in [9.17, 15) is 29.4 Å². The first kappa shape index (κ1) is 45.4. The summed E-state index contributed by atoms with van der Waals surface area (Å²) in [5.41, 5.74) is 0.935. The number of ketones is 1. The second-order valence-corrected chi connectivity index (χ2v) is 24.5. The number of carboxylic acid groups (broad SMARTS) is 1. The van der Waals surface area contributed by atoms with E-state index in [1.807, 2.05) is 41.5 Å². The van der Waals surface area contributed by atoms with Crippen LogP contribution in [-0.2, 0) is 19.1 Å². The quantitative estimate of drug-likeness (QED) is 0.160. The molecule has 4 N–H and O–H groups in total. The highest BCUT2D eigenvalue weighted by atomic mass is 32.1. The summed E-state index contributed by atoms with van der Waals surface area (Å²) in [6.45, 7) is 28.8.